The van der Waals surface area contributed by atoms with Crippen LogP contribution in [0.2, 0.25) is 0 Å². The highest BCUT2D eigenvalue weighted by atomic mass is 14.2. The zero-order valence-corrected chi connectivity index (χ0v) is 23.5. The summed E-state index contributed by atoms with van der Waals surface area (Å²) < 4.78 is 0. The summed E-state index contributed by atoms with van der Waals surface area (Å²) in [4.78, 5) is 0. The van der Waals surface area contributed by atoms with E-state index < -0.39 is 0 Å². The maximum absolute atomic E-state index is 2.50. The molecule has 0 atom stereocenters. The van der Waals surface area contributed by atoms with Crippen LogP contribution in [0.25, 0.3) is 97.3 Å². The molecule has 10 rings (SSSR count). The molecule has 10 aromatic carbocycles. The van der Waals surface area contributed by atoms with Crippen LogP contribution in [0.1, 0.15) is 11.1 Å². The first-order valence-corrected chi connectivity index (χ1v) is 14.9. The topological polar surface area (TPSA) is 0 Å². The highest BCUT2D eigenvalue weighted by Crippen LogP contribution is 2.49. The Hall–Kier alpha value is -5.20. The summed E-state index contributed by atoms with van der Waals surface area (Å²) in [5.74, 6) is 0. The molecule has 0 amide bonds. The molecule has 0 spiro atoms. The van der Waals surface area contributed by atoms with Crippen LogP contribution in [0.3, 0.4) is 0 Å². The van der Waals surface area contributed by atoms with Crippen LogP contribution in [0, 0.1) is 13.8 Å². The molecule has 42 heavy (non-hydrogen) atoms. The number of benzene rings is 8. The lowest BCUT2D eigenvalue weighted by atomic mass is 9.85. The number of rotatable bonds is 1. The second-order valence-electron chi connectivity index (χ2n) is 12.1. The highest BCUT2D eigenvalue weighted by molar-refractivity contribution is 6.39. The molecule has 0 fully saturated rings. The molecule has 0 unspecified atom stereocenters. The molecule has 0 N–H and O–H groups in total. The van der Waals surface area contributed by atoms with Gasteiger partial charge in [0, 0.05) is 0 Å². The van der Waals surface area contributed by atoms with Gasteiger partial charge in [0.25, 0.3) is 0 Å². The van der Waals surface area contributed by atoms with Gasteiger partial charge in [-0.25, -0.2) is 0 Å². The summed E-state index contributed by atoms with van der Waals surface area (Å²) >= 11 is 0. The summed E-state index contributed by atoms with van der Waals surface area (Å²) in [7, 11) is 0. The molecule has 10 aromatic rings. The Balaban J connectivity index is 1.51. The molecule has 0 bridgehead atoms. The van der Waals surface area contributed by atoms with E-state index in [0.717, 1.165) is 0 Å². The first-order valence-electron chi connectivity index (χ1n) is 14.9. The number of hydrogen-bond acceptors (Lipinski definition) is 0. The van der Waals surface area contributed by atoms with Gasteiger partial charge in [0.1, 0.15) is 0 Å². The lowest BCUT2D eigenvalue weighted by Gasteiger charge is -2.18. The van der Waals surface area contributed by atoms with Crippen molar-refractivity contribution in [1.82, 2.24) is 0 Å². The largest absolute Gasteiger partial charge is 0.0617 e. The third-order valence-electron chi connectivity index (χ3n) is 9.95. The molecule has 0 aliphatic heterocycles. The minimum atomic E-state index is 1.30. The summed E-state index contributed by atoms with van der Waals surface area (Å²) in [6, 6.07) is 45.9. The quantitative estimate of drug-likeness (QED) is 0.185. The lowest BCUT2D eigenvalue weighted by molar-refractivity contribution is 1.39. The summed E-state index contributed by atoms with van der Waals surface area (Å²) in [6.07, 6.45) is 0. The first-order chi connectivity index (χ1) is 20.7. The molecule has 0 nitrogen and oxygen atoms in total. The second-order valence-corrected chi connectivity index (χ2v) is 12.1. The Bertz CT molecular complexity index is 2720. The fraction of sp³-hybridized carbons (Fsp3) is 0.0476. The van der Waals surface area contributed by atoms with Crippen molar-refractivity contribution < 1.29 is 0 Å². The van der Waals surface area contributed by atoms with E-state index in [1.54, 1.807) is 0 Å². The van der Waals surface area contributed by atoms with Gasteiger partial charge in [-0.1, -0.05) is 97.1 Å². The van der Waals surface area contributed by atoms with Crippen molar-refractivity contribution in [1.29, 1.82) is 0 Å². The summed E-state index contributed by atoms with van der Waals surface area (Å²) in [5, 5.41) is 21.6. The number of aryl methyl sites for hydroxylation is 2. The standard InChI is InChI=1S/C42H26/c1-23-9-5-10-24(2)39(23)38-20-26-19-34-30-15-6-11-25-12-7-16-31(40(25)30)35(34)21-33(26)37-22-36-28-14-4-3-13-27(28)29-17-8-18-32(41(29)36)42(37)38/h3-22H,1-2H3. The minimum Gasteiger partial charge on any atom is -0.0617 e. The predicted octanol–water partition coefficient (Wildman–Crippen LogP) is 12.1. The zero-order valence-electron chi connectivity index (χ0n) is 23.5. The van der Waals surface area contributed by atoms with Crippen molar-refractivity contribution >= 4 is 86.2 Å². The van der Waals surface area contributed by atoms with E-state index in [1.165, 1.54) is 108 Å². The number of fused-ring (bicyclic) bond motifs is 10. The maximum atomic E-state index is 2.50. The molecule has 0 heterocycles. The van der Waals surface area contributed by atoms with Crippen molar-refractivity contribution in [3.8, 4) is 11.1 Å². The van der Waals surface area contributed by atoms with Crippen LogP contribution in [0.4, 0.5) is 0 Å². The lowest BCUT2D eigenvalue weighted by Crippen LogP contribution is -1.92. The predicted molar refractivity (Wildman–Crippen MR) is 184 cm³/mol. The van der Waals surface area contributed by atoms with Gasteiger partial charge in [-0.15, -0.1) is 0 Å². The first kappa shape index (κ1) is 22.5. The third-order valence-corrected chi connectivity index (χ3v) is 9.95. The molecule has 0 aromatic heterocycles. The fourth-order valence-electron chi connectivity index (χ4n) is 8.25. The van der Waals surface area contributed by atoms with Gasteiger partial charge < -0.3 is 0 Å². The van der Waals surface area contributed by atoms with Crippen LogP contribution in [-0.2, 0) is 0 Å². The Morgan fingerprint density at radius 2 is 0.833 bits per heavy atom. The van der Waals surface area contributed by atoms with Crippen molar-refractivity contribution in [3.05, 3.63) is 132 Å². The van der Waals surface area contributed by atoms with Crippen LogP contribution < -0.4 is 0 Å². The van der Waals surface area contributed by atoms with Gasteiger partial charge in [-0.05, 0) is 147 Å². The van der Waals surface area contributed by atoms with Crippen LogP contribution >= 0.6 is 0 Å². The molecule has 0 aliphatic rings. The van der Waals surface area contributed by atoms with E-state index in [9.17, 15) is 0 Å². The maximum Gasteiger partial charge on any atom is -0.00195 e. The molecular weight excluding hydrogens is 504 g/mol. The van der Waals surface area contributed by atoms with Gasteiger partial charge in [-0.2, -0.15) is 0 Å². The Kier molecular flexibility index (Phi) is 4.15. The van der Waals surface area contributed by atoms with E-state index in [-0.39, 0.29) is 0 Å². The Morgan fingerprint density at radius 1 is 0.310 bits per heavy atom. The third kappa shape index (κ3) is 2.68. The van der Waals surface area contributed by atoms with E-state index in [4.69, 9.17) is 0 Å². The smallest absolute Gasteiger partial charge is 0.00195 e. The average molecular weight is 531 g/mol. The SMILES string of the molecule is Cc1cccc(C)c1-c1cc2cc3c(cc2c2cc4c5ccccc5c5cccc(c12)c54)c1cccc2cccc3c21. The van der Waals surface area contributed by atoms with E-state index in [1.807, 2.05) is 0 Å². The number of hydrogen-bond donors (Lipinski definition) is 0. The molecule has 0 saturated heterocycles. The van der Waals surface area contributed by atoms with E-state index >= 15 is 0 Å². The van der Waals surface area contributed by atoms with Crippen LogP contribution in [0.15, 0.2) is 121 Å². The van der Waals surface area contributed by atoms with Gasteiger partial charge in [-0.3, -0.25) is 0 Å². The fourth-order valence-corrected chi connectivity index (χ4v) is 8.25. The highest BCUT2D eigenvalue weighted by Gasteiger charge is 2.21. The van der Waals surface area contributed by atoms with Gasteiger partial charge in [0.05, 0.1) is 0 Å². The van der Waals surface area contributed by atoms with E-state index in [0.29, 0.717) is 0 Å². The van der Waals surface area contributed by atoms with Gasteiger partial charge in [0.15, 0.2) is 0 Å². The van der Waals surface area contributed by atoms with Crippen molar-refractivity contribution in [2.75, 3.05) is 0 Å². The van der Waals surface area contributed by atoms with Crippen molar-refractivity contribution in [2.45, 2.75) is 13.8 Å². The molecule has 194 valence electrons. The van der Waals surface area contributed by atoms with Crippen molar-refractivity contribution in [2.24, 2.45) is 0 Å². The molecule has 0 radical (unpaired) electrons. The summed E-state index contributed by atoms with van der Waals surface area (Å²) in [6.45, 7) is 4.52. The Morgan fingerprint density at radius 3 is 1.57 bits per heavy atom. The summed E-state index contributed by atoms with van der Waals surface area (Å²) in [5.41, 5.74) is 5.33. The van der Waals surface area contributed by atoms with Crippen LogP contribution in [0.5, 0.6) is 0 Å². The van der Waals surface area contributed by atoms with Crippen molar-refractivity contribution in [3.63, 3.8) is 0 Å². The normalized spacial score (nSPS) is 12.5. The molecule has 0 saturated carbocycles. The zero-order chi connectivity index (χ0) is 27.7. The molecule has 0 heteroatoms. The van der Waals surface area contributed by atoms with E-state index in [2.05, 4.69) is 135 Å². The molecular formula is C42H26. The van der Waals surface area contributed by atoms with Gasteiger partial charge >= 0.3 is 0 Å². The Labute approximate surface area is 243 Å². The van der Waals surface area contributed by atoms with Gasteiger partial charge in [0.2, 0.25) is 0 Å². The van der Waals surface area contributed by atoms with Crippen LogP contribution in [-0.4, -0.2) is 0 Å². The average Bonchev–Trinajstić information content (AvgIpc) is 3.51. The minimum absolute atomic E-state index is 1.30. The molecule has 0 aliphatic carbocycles. The monoisotopic (exact) mass is 530 g/mol. The second kappa shape index (κ2) is 7.75.